The van der Waals surface area contributed by atoms with Crippen LogP contribution >= 0.6 is 0 Å². The predicted molar refractivity (Wildman–Crippen MR) is 134 cm³/mol. The van der Waals surface area contributed by atoms with E-state index < -0.39 is 35.1 Å². The molecule has 36 heavy (non-hydrogen) atoms. The van der Waals surface area contributed by atoms with Crippen LogP contribution in [0, 0.1) is 5.82 Å². The molecule has 0 aromatic heterocycles. The maximum Gasteiger partial charge on any atom is 0.255 e. The molecule has 2 aliphatic rings. The number of carbonyl (C=O) groups excluding carboxylic acids is 3. The molecule has 0 radical (unpaired) electrons. The molecule has 11 heteroatoms. The molecule has 1 fully saturated rings. The zero-order valence-electron chi connectivity index (χ0n) is 20.0. The molecule has 0 bridgehead atoms. The summed E-state index contributed by atoms with van der Waals surface area (Å²) >= 11 is 0. The Morgan fingerprint density at radius 3 is 2.39 bits per heavy atom. The Bertz CT molecular complexity index is 1130. The molecule has 190 valence electrons. The number of primary amides is 1. The number of nitrogens with two attached hydrogens (primary N) is 1. The lowest BCUT2D eigenvalue weighted by Gasteiger charge is -2.33. The summed E-state index contributed by atoms with van der Waals surface area (Å²) in [6.45, 7) is 4.97. The number of amides is 3. The number of benzene rings is 2. The average Bonchev–Trinajstić information content (AvgIpc) is 3.33. The van der Waals surface area contributed by atoms with E-state index >= 15 is 0 Å². The van der Waals surface area contributed by atoms with Crippen LogP contribution in [0.25, 0.3) is 0 Å². The van der Waals surface area contributed by atoms with E-state index in [2.05, 4.69) is 37.8 Å². The number of anilines is 1. The van der Waals surface area contributed by atoms with Gasteiger partial charge in [0.25, 0.3) is 11.8 Å². The van der Waals surface area contributed by atoms with Crippen LogP contribution in [0.2, 0.25) is 0 Å². The highest BCUT2D eigenvalue weighted by atomic mass is 19.1. The largest absolute Gasteiger partial charge is 0.367 e. The third-order valence-electron chi connectivity index (χ3n) is 6.59. The summed E-state index contributed by atoms with van der Waals surface area (Å²) in [7, 11) is 2.08. The number of carbonyl (C=O) groups is 3. The maximum absolute atomic E-state index is 13.1. The Balaban J connectivity index is 1.42. The number of aliphatic imine (C=N–C) groups is 1. The van der Waals surface area contributed by atoms with Gasteiger partial charge in [-0.25, -0.2) is 4.39 Å². The highest BCUT2D eigenvalue weighted by molar-refractivity contribution is 6.04. The van der Waals surface area contributed by atoms with Crippen LogP contribution in [0.4, 0.5) is 10.1 Å². The predicted octanol–water partition coefficient (Wildman–Crippen LogP) is 0.122. The van der Waals surface area contributed by atoms with E-state index in [4.69, 9.17) is 5.73 Å². The summed E-state index contributed by atoms with van der Waals surface area (Å²) in [6, 6.07) is 10.5. The van der Waals surface area contributed by atoms with Crippen molar-refractivity contribution in [3.05, 3.63) is 65.5 Å². The number of likely N-dealkylation sites (N-methyl/N-ethyl adjacent to an activating group) is 1. The molecule has 2 atom stereocenters. The number of piperazine rings is 1. The molecule has 2 aromatic rings. The Morgan fingerprint density at radius 1 is 1.08 bits per heavy atom. The van der Waals surface area contributed by atoms with Gasteiger partial charge in [-0.15, -0.1) is 0 Å². The fraction of sp³-hybridized carbons (Fsp3) is 0.360. The zero-order chi connectivity index (χ0) is 25.7. The molecule has 0 aliphatic carbocycles. The maximum atomic E-state index is 13.1. The lowest BCUT2D eigenvalue weighted by Crippen LogP contribution is -2.60. The van der Waals surface area contributed by atoms with E-state index in [1.54, 1.807) is 24.3 Å². The molecule has 2 aliphatic heterocycles. The highest BCUT2D eigenvalue weighted by Crippen LogP contribution is 2.31. The van der Waals surface area contributed by atoms with Gasteiger partial charge in [-0.2, -0.15) is 0 Å². The van der Waals surface area contributed by atoms with Gasteiger partial charge in [0.2, 0.25) is 5.91 Å². The minimum absolute atomic E-state index is 0.299. The monoisotopic (exact) mass is 495 g/mol. The fourth-order valence-corrected chi connectivity index (χ4v) is 4.38. The Hall–Kier alpha value is -3.83. The molecule has 3 amide bonds. The van der Waals surface area contributed by atoms with Crippen molar-refractivity contribution in [3.63, 3.8) is 0 Å². The second-order valence-corrected chi connectivity index (χ2v) is 8.97. The van der Waals surface area contributed by atoms with Crippen LogP contribution in [0.5, 0.6) is 0 Å². The lowest BCUT2D eigenvalue weighted by molar-refractivity contribution is -0.131. The summed E-state index contributed by atoms with van der Waals surface area (Å²) in [4.78, 5) is 46.8. The Labute approximate surface area is 208 Å². The van der Waals surface area contributed by atoms with Gasteiger partial charge >= 0.3 is 0 Å². The van der Waals surface area contributed by atoms with Crippen molar-refractivity contribution >= 4 is 29.7 Å². The van der Waals surface area contributed by atoms with Crippen molar-refractivity contribution in [2.75, 3.05) is 51.6 Å². The van der Waals surface area contributed by atoms with E-state index in [9.17, 15) is 18.8 Å². The zero-order valence-corrected chi connectivity index (χ0v) is 20.0. The van der Waals surface area contributed by atoms with Crippen molar-refractivity contribution in [3.8, 4) is 0 Å². The van der Waals surface area contributed by atoms with Gasteiger partial charge in [0.05, 0.1) is 6.34 Å². The third kappa shape index (κ3) is 5.37. The number of hydrogen-bond donors (Lipinski definition) is 4. The average molecular weight is 496 g/mol. The smallest absolute Gasteiger partial charge is 0.255 e. The molecule has 4 rings (SSSR count). The number of hydrogen-bond acceptors (Lipinski definition) is 7. The summed E-state index contributed by atoms with van der Waals surface area (Å²) < 4.78 is 13.1. The molecule has 2 heterocycles. The molecule has 10 nitrogen and oxygen atoms in total. The van der Waals surface area contributed by atoms with Crippen molar-refractivity contribution in [2.24, 2.45) is 10.7 Å². The Kier molecular flexibility index (Phi) is 7.61. The van der Waals surface area contributed by atoms with Crippen LogP contribution in [0.15, 0.2) is 53.5 Å². The van der Waals surface area contributed by atoms with Gasteiger partial charge in [-0.05, 0) is 49.0 Å². The molecule has 2 unspecified atom stereocenters. The first-order valence-electron chi connectivity index (χ1n) is 11.7. The molecule has 5 N–H and O–H groups in total. The minimum atomic E-state index is -1.56. The van der Waals surface area contributed by atoms with Crippen LogP contribution in [0.3, 0.4) is 0 Å². The van der Waals surface area contributed by atoms with E-state index in [1.807, 2.05) is 0 Å². The van der Waals surface area contributed by atoms with Crippen molar-refractivity contribution in [1.82, 2.24) is 20.4 Å². The summed E-state index contributed by atoms with van der Waals surface area (Å²) in [6.07, 6.45) is 1.32. The molecule has 0 spiro atoms. The second kappa shape index (κ2) is 10.8. The third-order valence-corrected chi connectivity index (χ3v) is 6.59. The minimum Gasteiger partial charge on any atom is -0.367 e. The van der Waals surface area contributed by atoms with Gasteiger partial charge < -0.3 is 26.6 Å². The summed E-state index contributed by atoms with van der Waals surface area (Å²) in [5.74, 6) is -2.00. The van der Waals surface area contributed by atoms with E-state index in [0.29, 0.717) is 29.9 Å². The lowest BCUT2D eigenvalue weighted by atomic mass is 9.82. The van der Waals surface area contributed by atoms with Gasteiger partial charge in [-0.3, -0.25) is 24.3 Å². The van der Waals surface area contributed by atoms with Gasteiger partial charge in [0.15, 0.2) is 11.6 Å². The standard InChI is InChI=1S/C25H30FN7O3/c1-32-12-14-33(15-13-32)11-10-28-23(35)21-25(24(27)36,30-16-29-21)18-4-8-20(9-5-18)31-22(34)17-2-6-19(26)7-3-17/h2-9,16,21H,10-15H2,1H3,(H2,27,36)(H,28,35)(H,29,30)(H,31,34). The second-order valence-electron chi connectivity index (χ2n) is 8.97. The quantitative estimate of drug-likeness (QED) is 0.411. The number of nitrogens with one attached hydrogen (secondary N) is 3. The van der Waals surface area contributed by atoms with Crippen LogP contribution < -0.4 is 21.7 Å². The van der Waals surface area contributed by atoms with Gasteiger partial charge in [-0.1, -0.05) is 12.1 Å². The molecular formula is C25H30FN7O3. The first kappa shape index (κ1) is 25.3. The molecule has 2 aromatic carbocycles. The van der Waals surface area contributed by atoms with Crippen LogP contribution in [-0.4, -0.2) is 86.2 Å². The number of rotatable bonds is 8. The van der Waals surface area contributed by atoms with Crippen molar-refractivity contribution < 1.29 is 18.8 Å². The summed E-state index contributed by atoms with van der Waals surface area (Å²) in [5.41, 5.74) is 5.42. The highest BCUT2D eigenvalue weighted by Gasteiger charge is 2.52. The first-order valence-corrected chi connectivity index (χ1v) is 11.7. The van der Waals surface area contributed by atoms with Gasteiger partial charge in [0, 0.05) is 50.5 Å². The SMILES string of the molecule is CN1CCN(CCNC(=O)C2N=CNC2(C(N)=O)c2ccc(NC(=O)c3ccc(F)cc3)cc2)CC1. The first-order chi connectivity index (χ1) is 17.3. The van der Waals surface area contributed by atoms with Crippen molar-refractivity contribution in [2.45, 2.75) is 11.6 Å². The van der Waals surface area contributed by atoms with Crippen LogP contribution in [-0.2, 0) is 15.1 Å². The van der Waals surface area contributed by atoms with Gasteiger partial charge in [0.1, 0.15) is 5.82 Å². The van der Waals surface area contributed by atoms with Crippen LogP contribution in [0.1, 0.15) is 15.9 Å². The van der Waals surface area contributed by atoms with E-state index in [0.717, 1.165) is 26.2 Å². The molecule has 1 saturated heterocycles. The summed E-state index contributed by atoms with van der Waals surface area (Å²) in [5, 5.41) is 8.49. The normalized spacial score (nSPS) is 22.1. The number of nitrogens with zero attached hydrogens (tertiary/aromatic N) is 3. The molecule has 0 saturated carbocycles. The molecular weight excluding hydrogens is 465 g/mol. The fourth-order valence-electron chi connectivity index (χ4n) is 4.38. The van der Waals surface area contributed by atoms with E-state index in [-0.39, 0.29) is 0 Å². The Morgan fingerprint density at radius 2 is 1.75 bits per heavy atom. The van der Waals surface area contributed by atoms with Crippen molar-refractivity contribution in [1.29, 1.82) is 0 Å². The topological polar surface area (TPSA) is 132 Å². The van der Waals surface area contributed by atoms with E-state index in [1.165, 1.54) is 30.6 Å². The number of halogens is 1.